The van der Waals surface area contributed by atoms with Gasteiger partial charge in [-0.1, -0.05) is 35.9 Å². The summed E-state index contributed by atoms with van der Waals surface area (Å²) in [7, 11) is 5.28. The Labute approximate surface area is 190 Å². The lowest BCUT2D eigenvalue weighted by Crippen LogP contribution is -2.36. The maximum atomic E-state index is 13.5. The van der Waals surface area contributed by atoms with Crippen LogP contribution in [0.25, 0.3) is 11.0 Å². The van der Waals surface area contributed by atoms with Gasteiger partial charge in [-0.3, -0.25) is 9.59 Å². The third kappa shape index (κ3) is 3.85. The SMILES string of the molecule is COc1cccc2cc(C(=O)C3=C(O)C(=O)N(CCN(C)C)[C@@H]3c3cccc(Cl)c3)oc12. The van der Waals surface area contributed by atoms with Crippen LogP contribution in [-0.4, -0.2) is 60.9 Å². The molecule has 0 radical (unpaired) electrons. The number of aliphatic hydroxyl groups is 1. The molecule has 166 valence electrons. The summed E-state index contributed by atoms with van der Waals surface area (Å²) >= 11 is 6.19. The van der Waals surface area contributed by atoms with E-state index >= 15 is 0 Å². The number of furan rings is 1. The van der Waals surface area contributed by atoms with Crippen molar-refractivity contribution in [1.82, 2.24) is 9.80 Å². The first-order chi connectivity index (χ1) is 15.3. The monoisotopic (exact) mass is 454 g/mol. The third-order valence-corrected chi connectivity index (χ3v) is 5.69. The summed E-state index contributed by atoms with van der Waals surface area (Å²) in [6, 6.07) is 13.0. The molecule has 0 aliphatic carbocycles. The van der Waals surface area contributed by atoms with Gasteiger partial charge in [0.05, 0.1) is 18.7 Å². The molecule has 7 nitrogen and oxygen atoms in total. The van der Waals surface area contributed by atoms with Gasteiger partial charge in [0, 0.05) is 23.5 Å². The van der Waals surface area contributed by atoms with E-state index in [1.807, 2.05) is 19.0 Å². The quantitative estimate of drug-likeness (QED) is 0.538. The van der Waals surface area contributed by atoms with Crippen molar-refractivity contribution in [3.63, 3.8) is 0 Å². The van der Waals surface area contributed by atoms with Crippen molar-refractivity contribution in [2.75, 3.05) is 34.3 Å². The summed E-state index contributed by atoms with van der Waals surface area (Å²) in [4.78, 5) is 29.9. The number of amides is 1. The zero-order valence-corrected chi connectivity index (χ0v) is 18.7. The molecule has 0 saturated carbocycles. The van der Waals surface area contributed by atoms with Crippen LogP contribution in [0, 0.1) is 0 Å². The first-order valence-electron chi connectivity index (χ1n) is 10.1. The van der Waals surface area contributed by atoms with Crippen LogP contribution in [-0.2, 0) is 4.79 Å². The number of hydrogen-bond donors (Lipinski definition) is 1. The number of ether oxygens (including phenoxy) is 1. The van der Waals surface area contributed by atoms with Crippen molar-refractivity contribution < 1.29 is 23.8 Å². The highest BCUT2D eigenvalue weighted by atomic mass is 35.5. The molecule has 3 aromatic rings. The molecule has 1 aromatic heterocycles. The summed E-state index contributed by atoms with van der Waals surface area (Å²) in [6.45, 7) is 0.872. The van der Waals surface area contributed by atoms with Gasteiger partial charge in [-0.05, 0) is 43.9 Å². The van der Waals surface area contributed by atoms with Gasteiger partial charge in [-0.15, -0.1) is 0 Å². The highest BCUT2D eigenvalue weighted by Crippen LogP contribution is 2.40. The van der Waals surface area contributed by atoms with Crippen LogP contribution < -0.4 is 4.74 Å². The Bertz CT molecular complexity index is 1230. The summed E-state index contributed by atoms with van der Waals surface area (Å²) in [5, 5.41) is 11.9. The fourth-order valence-corrected chi connectivity index (χ4v) is 4.09. The van der Waals surface area contributed by atoms with Gasteiger partial charge < -0.3 is 24.1 Å². The van der Waals surface area contributed by atoms with Crippen LogP contribution in [0.15, 0.2) is 64.3 Å². The molecule has 1 amide bonds. The van der Waals surface area contributed by atoms with Crippen LogP contribution in [0.5, 0.6) is 5.75 Å². The molecule has 0 fully saturated rings. The molecule has 2 aromatic carbocycles. The van der Waals surface area contributed by atoms with Crippen molar-refractivity contribution in [1.29, 1.82) is 0 Å². The second-order valence-electron chi connectivity index (χ2n) is 7.84. The molecule has 32 heavy (non-hydrogen) atoms. The molecular weight excluding hydrogens is 432 g/mol. The molecule has 0 unspecified atom stereocenters. The average molecular weight is 455 g/mol. The fourth-order valence-electron chi connectivity index (χ4n) is 3.89. The Morgan fingerprint density at radius 1 is 1.22 bits per heavy atom. The van der Waals surface area contributed by atoms with Gasteiger partial charge >= 0.3 is 0 Å². The Hall–Kier alpha value is -3.29. The summed E-state index contributed by atoms with van der Waals surface area (Å²) in [5.41, 5.74) is 1.02. The van der Waals surface area contributed by atoms with Crippen molar-refractivity contribution in [2.24, 2.45) is 0 Å². The maximum Gasteiger partial charge on any atom is 0.290 e. The Morgan fingerprint density at radius 3 is 2.66 bits per heavy atom. The molecule has 4 rings (SSSR count). The van der Waals surface area contributed by atoms with Crippen LogP contribution >= 0.6 is 11.6 Å². The standard InChI is InChI=1S/C24H23ClN2O5/c1-26(2)10-11-27-20(14-6-4-8-16(25)12-14)19(22(29)24(27)30)21(28)18-13-15-7-5-9-17(31-3)23(15)32-18/h4-9,12-13,20,29H,10-11H2,1-3H3/t20-/m1/s1. The van der Waals surface area contributed by atoms with Crippen LogP contribution in [0.3, 0.4) is 0 Å². The average Bonchev–Trinajstić information content (AvgIpc) is 3.31. The van der Waals surface area contributed by atoms with E-state index in [0.717, 1.165) is 0 Å². The highest BCUT2D eigenvalue weighted by Gasteiger charge is 2.44. The number of carbonyl (C=O) groups excluding carboxylic acids is 2. The van der Waals surface area contributed by atoms with Gasteiger partial charge in [0.1, 0.15) is 0 Å². The molecular formula is C24H23ClN2O5. The lowest BCUT2D eigenvalue weighted by Gasteiger charge is -2.28. The third-order valence-electron chi connectivity index (χ3n) is 5.45. The fraction of sp³-hybridized carbons (Fsp3) is 0.250. The Morgan fingerprint density at radius 2 is 1.97 bits per heavy atom. The number of rotatable bonds is 7. The summed E-state index contributed by atoms with van der Waals surface area (Å²) in [5.74, 6) is -1.24. The van der Waals surface area contributed by atoms with Crippen LogP contribution in [0.4, 0.5) is 0 Å². The number of methoxy groups -OCH3 is 1. The van der Waals surface area contributed by atoms with E-state index in [4.69, 9.17) is 20.8 Å². The maximum absolute atomic E-state index is 13.5. The normalized spacial score (nSPS) is 16.5. The number of carbonyl (C=O) groups is 2. The first-order valence-corrected chi connectivity index (χ1v) is 10.4. The lowest BCUT2D eigenvalue weighted by atomic mass is 9.95. The Balaban J connectivity index is 1.81. The van der Waals surface area contributed by atoms with Gasteiger partial charge in [-0.25, -0.2) is 0 Å². The molecule has 2 heterocycles. The first kappa shape index (κ1) is 21.9. The molecule has 1 atom stereocenters. The molecule has 1 aliphatic heterocycles. The van der Waals surface area contributed by atoms with E-state index in [1.165, 1.54) is 12.0 Å². The largest absolute Gasteiger partial charge is 0.503 e. The van der Waals surface area contributed by atoms with Gasteiger partial charge in [0.2, 0.25) is 5.78 Å². The smallest absolute Gasteiger partial charge is 0.290 e. The van der Waals surface area contributed by atoms with Crippen molar-refractivity contribution in [3.8, 4) is 5.75 Å². The van der Waals surface area contributed by atoms with Crippen molar-refractivity contribution >= 4 is 34.3 Å². The zero-order valence-electron chi connectivity index (χ0n) is 18.0. The number of para-hydroxylation sites is 1. The number of likely N-dealkylation sites (N-methyl/N-ethyl adjacent to an activating group) is 1. The molecule has 8 heteroatoms. The second kappa shape index (κ2) is 8.68. The predicted octanol–water partition coefficient (Wildman–Crippen LogP) is 4.23. The van der Waals surface area contributed by atoms with E-state index in [-0.39, 0.29) is 11.3 Å². The van der Waals surface area contributed by atoms with Crippen molar-refractivity contribution in [2.45, 2.75) is 6.04 Å². The number of aliphatic hydroxyl groups excluding tert-OH is 1. The number of benzene rings is 2. The number of ketones is 1. The van der Waals surface area contributed by atoms with E-state index in [0.29, 0.717) is 40.4 Å². The zero-order chi connectivity index (χ0) is 23.0. The number of Topliss-reactive ketones (excluding diaryl/α,β-unsaturated/α-hetero) is 1. The van der Waals surface area contributed by atoms with E-state index in [9.17, 15) is 14.7 Å². The highest BCUT2D eigenvalue weighted by molar-refractivity contribution is 6.30. The molecule has 1 aliphatic rings. The van der Waals surface area contributed by atoms with Gasteiger partial charge in [0.15, 0.2) is 22.9 Å². The second-order valence-corrected chi connectivity index (χ2v) is 8.28. The molecule has 0 saturated heterocycles. The topological polar surface area (TPSA) is 83.2 Å². The molecule has 0 bridgehead atoms. The number of halogens is 1. The van der Waals surface area contributed by atoms with Gasteiger partial charge in [0.25, 0.3) is 5.91 Å². The minimum Gasteiger partial charge on any atom is -0.503 e. The van der Waals surface area contributed by atoms with Crippen LogP contribution in [0.2, 0.25) is 5.02 Å². The minimum atomic E-state index is -0.788. The minimum absolute atomic E-state index is 0.0142. The van der Waals surface area contributed by atoms with Crippen LogP contribution in [0.1, 0.15) is 22.2 Å². The molecule has 1 N–H and O–H groups in total. The Kier molecular flexibility index (Phi) is 5.95. The predicted molar refractivity (Wildman–Crippen MR) is 121 cm³/mol. The summed E-state index contributed by atoms with van der Waals surface area (Å²) in [6.07, 6.45) is 0. The number of nitrogens with zero attached hydrogens (tertiary/aromatic N) is 2. The van der Waals surface area contributed by atoms with E-state index in [2.05, 4.69) is 0 Å². The van der Waals surface area contributed by atoms with Gasteiger partial charge in [-0.2, -0.15) is 0 Å². The number of hydrogen-bond acceptors (Lipinski definition) is 6. The van der Waals surface area contributed by atoms with E-state index < -0.39 is 23.5 Å². The number of fused-ring (bicyclic) bond motifs is 1. The van der Waals surface area contributed by atoms with E-state index in [1.54, 1.807) is 48.5 Å². The lowest BCUT2D eigenvalue weighted by molar-refractivity contribution is -0.129. The molecule has 0 spiro atoms. The summed E-state index contributed by atoms with van der Waals surface area (Å²) < 4.78 is 11.1. The van der Waals surface area contributed by atoms with Crippen molar-refractivity contribution in [3.05, 3.63) is 76.2 Å².